The van der Waals surface area contributed by atoms with E-state index in [2.05, 4.69) is 24.3 Å². The summed E-state index contributed by atoms with van der Waals surface area (Å²) in [5.41, 5.74) is 1.57. The van der Waals surface area contributed by atoms with Crippen molar-refractivity contribution < 1.29 is 0 Å². The SMILES string of the molecule is CC(C)NCc1ccn(-c2c(Cl)cc(Cl)cc2Cl)n1. The molecule has 6 heteroatoms. The molecule has 0 saturated carbocycles. The van der Waals surface area contributed by atoms with Gasteiger partial charge in [0.2, 0.25) is 0 Å². The second-order valence-corrected chi connectivity index (χ2v) is 5.76. The Balaban J connectivity index is 2.28. The van der Waals surface area contributed by atoms with Gasteiger partial charge in [-0.15, -0.1) is 0 Å². The van der Waals surface area contributed by atoms with Crippen LogP contribution in [-0.2, 0) is 6.54 Å². The highest BCUT2D eigenvalue weighted by molar-refractivity contribution is 6.40. The molecule has 102 valence electrons. The summed E-state index contributed by atoms with van der Waals surface area (Å²) in [7, 11) is 0. The van der Waals surface area contributed by atoms with Gasteiger partial charge in [-0.1, -0.05) is 48.7 Å². The topological polar surface area (TPSA) is 29.9 Å². The minimum atomic E-state index is 0.410. The van der Waals surface area contributed by atoms with Gasteiger partial charge in [0.1, 0.15) is 5.69 Å². The summed E-state index contributed by atoms with van der Waals surface area (Å²) in [4.78, 5) is 0. The molecule has 0 aliphatic rings. The van der Waals surface area contributed by atoms with Gasteiger partial charge < -0.3 is 5.32 Å². The van der Waals surface area contributed by atoms with E-state index in [0.717, 1.165) is 5.69 Å². The summed E-state index contributed by atoms with van der Waals surface area (Å²) >= 11 is 18.2. The van der Waals surface area contributed by atoms with Crippen molar-refractivity contribution in [3.63, 3.8) is 0 Å². The molecule has 0 bridgehead atoms. The molecular weight excluding hydrogens is 305 g/mol. The minimum absolute atomic E-state index is 0.410. The van der Waals surface area contributed by atoms with Crippen LogP contribution in [0.5, 0.6) is 0 Å². The van der Waals surface area contributed by atoms with E-state index in [1.165, 1.54) is 0 Å². The van der Waals surface area contributed by atoms with Crippen molar-refractivity contribution in [2.45, 2.75) is 26.4 Å². The molecule has 0 aliphatic heterocycles. The Kier molecular flexibility index (Phi) is 4.74. The second kappa shape index (κ2) is 6.14. The van der Waals surface area contributed by atoms with Gasteiger partial charge in [0, 0.05) is 23.8 Å². The van der Waals surface area contributed by atoms with Crippen LogP contribution in [0, 0.1) is 0 Å². The number of benzene rings is 1. The molecule has 2 rings (SSSR count). The van der Waals surface area contributed by atoms with Gasteiger partial charge in [-0.25, -0.2) is 4.68 Å². The van der Waals surface area contributed by atoms with Crippen LogP contribution in [0.4, 0.5) is 0 Å². The lowest BCUT2D eigenvalue weighted by Crippen LogP contribution is -2.22. The lowest BCUT2D eigenvalue weighted by Gasteiger charge is -2.08. The number of halogens is 3. The van der Waals surface area contributed by atoms with E-state index in [9.17, 15) is 0 Å². The van der Waals surface area contributed by atoms with Crippen molar-refractivity contribution in [2.75, 3.05) is 0 Å². The number of rotatable bonds is 4. The third kappa shape index (κ3) is 3.63. The first-order valence-electron chi connectivity index (χ1n) is 5.90. The van der Waals surface area contributed by atoms with Crippen LogP contribution in [0.15, 0.2) is 24.4 Å². The largest absolute Gasteiger partial charge is 0.309 e. The van der Waals surface area contributed by atoms with E-state index in [4.69, 9.17) is 34.8 Å². The predicted octanol–water partition coefficient (Wildman–Crippen LogP) is 4.33. The molecular formula is C13H14Cl3N3. The molecule has 0 spiro atoms. The van der Waals surface area contributed by atoms with Crippen LogP contribution in [0.3, 0.4) is 0 Å². The van der Waals surface area contributed by atoms with Crippen molar-refractivity contribution in [2.24, 2.45) is 0 Å². The number of nitrogens with one attached hydrogen (secondary N) is 1. The fraction of sp³-hybridized carbons (Fsp3) is 0.308. The lowest BCUT2D eigenvalue weighted by molar-refractivity contribution is 0.578. The molecule has 0 radical (unpaired) electrons. The van der Waals surface area contributed by atoms with Gasteiger partial charge in [0.15, 0.2) is 0 Å². The first kappa shape index (κ1) is 14.7. The fourth-order valence-corrected chi connectivity index (χ4v) is 2.63. The number of aromatic nitrogens is 2. The van der Waals surface area contributed by atoms with Gasteiger partial charge >= 0.3 is 0 Å². The zero-order valence-electron chi connectivity index (χ0n) is 10.6. The maximum Gasteiger partial charge on any atom is 0.102 e. The molecule has 0 atom stereocenters. The van der Waals surface area contributed by atoms with Crippen LogP contribution in [0.25, 0.3) is 5.69 Å². The molecule has 19 heavy (non-hydrogen) atoms. The zero-order chi connectivity index (χ0) is 14.0. The average Bonchev–Trinajstić information content (AvgIpc) is 2.73. The van der Waals surface area contributed by atoms with Gasteiger partial charge in [-0.3, -0.25) is 0 Å². The first-order chi connectivity index (χ1) is 8.97. The Bertz CT molecular complexity index is 555. The van der Waals surface area contributed by atoms with Crippen LogP contribution >= 0.6 is 34.8 Å². The molecule has 1 aromatic heterocycles. The van der Waals surface area contributed by atoms with Gasteiger partial charge in [-0.2, -0.15) is 5.10 Å². The summed E-state index contributed by atoms with van der Waals surface area (Å²) in [6.07, 6.45) is 1.83. The standard InChI is InChI=1S/C13H14Cl3N3/c1-8(2)17-7-10-3-4-19(18-10)13-11(15)5-9(14)6-12(13)16/h3-6,8,17H,7H2,1-2H3. The van der Waals surface area contributed by atoms with Crippen molar-refractivity contribution in [3.8, 4) is 5.69 Å². The molecule has 0 amide bonds. The average molecular weight is 319 g/mol. The summed E-state index contributed by atoms with van der Waals surface area (Å²) in [6, 6.07) is 5.64. The van der Waals surface area contributed by atoms with Gasteiger partial charge in [0.05, 0.1) is 15.7 Å². The third-order valence-electron chi connectivity index (χ3n) is 2.55. The summed E-state index contributed by atoms with van der Waals surface area (Å²) in [5, 5.41) is 9.21. The van der Waals surface area contributed by atoms with Crippen LogP contribution < -0.4 is 5.32 Å². The Morgan fingerprint density at radius 3 is 2.42 bits per heavy atom. The van der Waals surface area contributed by atoms with Gasteiger partial charge in [-0.05, 0) is 18.2 Å². The van der Waals surface area contributed by atoms with E-state index in [1.807, 2.05) is 12.3 Å². The van der Waals surface area contributed by atoms with E-state index in [0.29, 0.717) is 33.3 Å². The molecule has 1 N–H and O–H groups in total. The zero-order valence-corrected chi connectivity index (χ0v) is 12.9. The highest BCUT2D eigenvalue weighted by atomic mass is 35.5. The smallest absolute Gasteiger partial charge is 0.102 e. The molecule has 0 fully saturated rings. The fourth-order valence-electron chi connectivity index (χ4n) is 1.64. The maximum atomic E-state index is 6.16. The maximum absolute atomic E-state index is 6.16. The Morgan fingerprint density at radius 2 is 1.84 bits per heavy atom. The first-order valence-corrected chi connectivity index (χ1v) is 7.03. The molecule has 0 saturated heterocycles. The predicted molar refractivity (Wildman–Crippen MR) is 80.6 cm³/mol. The van der Waals surface area contributed by atoms with E-state index >= 15 is 0 Å². The highest BCUT2D eigenvalue weighted by Crippen LogP contribution is 2.31. The Labute approximate surface area is 127 Å². The summed E-state index contributed by atoms with van der Waals surface area (Å²) < 4.78 is 1.67. The van der Waals surface area contributed by atoms with E-state index < -0.39 is 0 Å². The van der Waals surface area contributed by atoms with E-state index in [1.54, 1.807) is 16.8 Å². The summed E-state index contributed by atoms with van der Waals surface area (Å²) in [5.74, 6) is 0. The van der Waals surface area contributed by atoms with Crippen molar-refractivity contribution in [3.05, 3.63) is 45.2 Å². The molecule has 3 nitrogen and oxygen atoms in total. The third-order valence-corrected chi connectivity index (χ3v) is 3.34. The number of hydrogen-bond donors (Lipinski definition) is 1. The Morgan fingerprint density at radius 1 is 1.21 bits per heavy atom. The minimum Gasteiger partial charge on any atom is -0.309 e. The van der Waals surface area contributed by atoms with Crippen molar-refractivity contribution in [1.82, 2.24) is 15.1 Å². The monoisotopic (exact) mass is 317 g/mol. The highest BCUT2D eigenvalue weighted by Gasteiger charge is 2.11. The molecule has 2 aromatic rings. The van der Waals surface area contributed by atoms with Crippen molar-refractivity contribution >= 4 is 34.8 Å². The number of nitrogens with zero attached hydrogens (tertiary/aromatic N) is 2. The molecule has 1 aromatic carbocycles. The lowest BCUT2D eigenvalue weighted by atomic mass is 10.3. The van der Waals surface area contributed by atoms with Crippen LogP contribution in [0.1, 0.15) is 19.5 Å². The van der Waals surface area contributed by atoms with Crippen molar-refractivity contribution in [1.29, 1.82) is 0 Å². The van der Waals surface area contributed by atoms with Crippen LogP contribution in [-0.4, -0.2) is 15.8 Å². The van der Waals surface area contributed by atoms with E-state index in [-0.39, 0.29) is 0 Å². The quantitative estimate of drug-likeness (QED) is 0.909. The molecule has 0 unspecified atom stereocenters. The van der Waals surface area contributed by atoms with Crippen LogP contribution in [0.2, 0.25) is 15.1 Å². The normalized spacial score (nSPS) is 11.3. The Hall–Kier alpha value is -0.740. The number of hydrogen-bond acceptors (Lipinski definition) is 2. The van der Waals surface area contributed by atoms with Gasteiger partial charge in [0.25, 0.3) is 0 Å². The molecule has 1 heterocycles. The second-order valence-electron chi connectivity index (χ2n) is 4.51. The summed E-state index contributed by atoms with van der Waals surface area (Å²) in [6.45, 7) is 4.88. The molecule has 0 aliphatic carbocycles.